The molecule has 1 atom stereocenters. The van der Waals surface area contributed by atoms with Crippen molar-refractivity contribution in [3.05, 3.63) is 22.4 Å². The van der Waals surface area contributed by atoms with Crippen LogP contribution in [0.1, 0.15) is 30.2 Å². The lowest BCUT2D eigenvalue weighted by Crippen LogP contribution is -2.23. The van der Waals surface area contributed by atoms with Crippen LogP contribution < -0.4 is 5.32 Å². The third-order valence-electron chi connectivity index (χ3n) is 2.58. The Labute approximate surface area is 89.5 Å². The molecule has 1 fully saturated rings. The van der Waals surface area contributed by atoms with Crippen LogP contribution in [0.2, 0.25) is 0 Å². The average Bonchev–Trinajstić information content (AvgIpc) is 2.88. The Hall–Kier alpha value is -0.780. The summed E-state index contributed by atoms with van der Waals surface area (Å²) in [6, 6.07) is 4.90. The molecule has 1 aliphatic carbocycles. The molecule has 2 rings (SSSR count). The first-order valence-electron chi connectivity index (χ1n) is 5.12. The highest BCUT2D eigenvalue weighted by Crippen LogP contribution is 2.42. The topological polar surface area (TPSA) is 12.0 Å². The van der Waals surface area contributed by atoms with Crippen molar-refractivity contribution in [3.63, 3.8) is 0 Å². The molecule has 74 valence electrons. The summed E-state index contributed by atoms with van der Waals surface area (Å²) >= 11 is 1.84. The zero-order valence-corrected chi connectivity index (χ0v) is 9.02. The summed E-state index contributed by atoms with van der Waals surface area (Å²) in [4.78, 5) is 1.46. The molecule has 2 heteroatoms. The number of thiophene rings is 1. The van der Waals surface area contributed by atoms with Gasteiger partial charge in [0.1, 0.15) is 0 Å². The van der Waals surface area contributed by atoms with Gasteiger partial charge in [-0.05, 0) is 30.2 Å². The molecular weight excluding hydrogens is 190 g/mol. The maximum atomic E-state index is 5.24. The number of hydrogen-bond acceptors (Lipinski definition) is 2. The van der Waals surface area contributed by atoms with Crippen LogP contribution in [0.4, 0.5) is 0 Å². The van der Waals surface area contributed by atoms with Crippen molar-refractivity contribution in [3.8, 4) is 12.3 Å². The van der Waals surface area contributed by atoms with Crippen molar-refractivity contribution in [1.82, 2.24) is 5.32 Å². The smallest absolute Gasteiger partial charge is 0.0443 e. The van der Waals surface area contributed by atoms with E-state index in [9.17, 15) is 0 Å². The molecule has 0 radical (unpaired) electrons. The predicted molar refractivity (Wildman–Crippen MR) is 61.2 cm³/mol. The van der Waals surface area contributed by atoms with Gasteiger partial charge in [0.15, 0.2) is 0 Å². The largest absolute Gasteiger partial charge is 0.308 e. The number of terminal acetylenes is 1. The maximum Gasteiger partial charge on any atom is 0.0443 e. The molecular formula is C12H15NS. The summed E-state index contributed by atoms with van der Waals surface area (Å²) in [5.74, 6) is 3.52. The molecule has 14 heavy (non-hydrogen) atoms. The summed E-state index contributed by atoms with van der Waals surface area (Å²) in [7, 11) is 0. The summed E-state index contributed by atoms with van der Waals surface area (Å²) in [5, 5.41) is 5.70. The van der Waals surface area contributed by atoms with E-state index in [2.05, 4.69) is 28.8 Å². The van der Waals surface area contributed by atoms with Gasteiger partial charge in [-0.2, -0.15) is 0 Å². The summed E-state index contributed by atoms with van der Waals surface area (Å²) in [6.45, 7) is 0.940. The molecule has 1 saturated carbocycles. The molecule has 1 nitrogen and oxygen atoms in total. The van der Waals surface area contributed by atoms with Gasteiger partial charge in [-0.15, -0.1) is 23.7 Å². The molecule has 0 spiro atoms. The minimum Gasteiger partial charge on any atom is -0.308 e. The van der Waals surface area contributed by atoms with Crippen LogP contribution in [0.3, 0.4) is 0 Å². The molecule has 1 N–H and O–H groups in total. The van der Waals surface area contributed by atoms with E-state index in [1.165, 1.54) is 17.7 Å². The van der Waals surface area contributed by atoms with E-state index < -0.39 is 0 Å². The summed E-state index contributed by atoms with van der Waals surface area (Å²) in [6.07, 6.45) is 8.80. The van der Waals surface area contributed by atoms with E-state index in [0.29, 0.717) is 6.04 Å². The van der Waals surface area contributed by atoms with Crippen molar-refractivity contribution in [1.29, 1.82) is 0 Å². The van der Waals surface area contributed by atoms with Crippen LogP contribution in [-0.4, -0.2) is 6.54 Å². The summed E-state index contributed by atoms with van der Waals surface area (Å²) < 4.78 is 0. The second-order valence-electron chi connectivity index (χ2n) is 3.74. The lowest BCUT2D eigenvalue weighted by molar-refractivity contribution is 0.495. The van der Waals surface area contributed by atoms with Crippen molar-refractivity contribution < 1.29 is 0 Å². The zero-order chi connectivity index (χ0) is 9.80. The van der Waals surface area contributed by atoms with E-state index in [4.69, 9.17) is 6.42 Å². The van der Waals surface area contributed by atoms with E-state index in [-0.39, 0.29) is 0 Å². The van der Waals surface area contributed by atoms with Gasteiger partial charge in [0.25, 0.3) is 0 Å². The molecule has 0 saturated heterocycles. The molecule has 1 aromatic rings. The fourth-order valence-electron chi connectivity index (χ4n) is 1.70. The van der Waals surface area contributed by atoms with Crippen LogP contribution in [0, 0.1) is 18.3 Å². The normalized spacial score (nSPS) is 17.6. The number of hydrogen-bond donors (Lipinski definition) is 1. The van der Waals surface area contributed by atoms with Crippen molar-refractivity contribution in [2.45, 2.75) is 25.3 Å². The molecule has 1 unspecified atom stereocenters. The third kappa shape index (κ3) is 2.37. The van der Waals surface area contributed by atoms with Crippen LogP contribution >= 0.6 is 11.3 Å². The Kier molecular flexibility index (Phi) is 3.23. The number of nitrogens with one attached hydrogen (secondary N) is 1. The second kappa shape index (κ2) is 4.63. The van der Waals surface area contributed by atoms with Crippen LogP contribution in [0.15, 0.2) is 17.5 Å². The van der Waals surface area contributed by atoms with Gasteiger partial charge in [-0.3, -0.25) is 0 Å². The molecule has 0 aromatic carbocycles. The van der Waals surface area contributed by atoms with Gasteiger partial charge in [0, 0.05) is 23.9 Å². The Bertz CT molecular complexity index is 306. The Morgan fingerprint density at radius 1 is 1.64 bits per heavy atom. The van der Waals surface area contributed by atoms with Gasteiger partial charge in [-0.25, -0.2) is 0 Å². The van der Waals surface area contributed by atoms with Gasteiger partial charge in [-0.1, -0.05) is 6.07 Å². The van der Waals surface area contributed by atoms with Crippen molar-refractivity contribution in [2.24, 2.45) is 5.92 Å². The fourth-order valence-corrected chi connectivity index (χ4v) is 2.59. The fraction of sp³-hybridized carbons (Fsp3) is 0.500. The van der Waals surface area contributed by atoms with Gasteiger partial charge in [0.2, 0.25) is 0 Å². The summed E-state index contributed by atoms with van der Waals surface area (Å²) in [5.41, 5.74) is 0. The highest BCUT2D eigenvalue weighted by Gasteiger charge is 2.32. The van der Waals surface area contributed by atoms with Crippen molar-refractivity contribution in [2.75, 3.05) is 6.54 Å². The SMILES string of the molecule is C#CCCNC(c1cccs1)C1CC1. The zero-order valence-electron chi connectivity index (χ0n) is 8.20. The van der Waals surface area contributed by atoms with E-state index in [1.807, 2.05) is 11.3 Å². The maximum absolute atomic E-state index is 5.24. The average molecular weight is 205 g/mol. The highest BCUT2D eigenvalue weighted by molar-refractivity contribution is 7.10. The third-order valence-corrected chi connectivity index (χ3v) is 3.53. The predicted octanol–water partition coefficient (Wildman–Crippen LogP) is 2.81. The Morgan fingerprint density at radius 3 is 3.07 bits per heavy atom. The minimum absolute atomic E-state index is 0.559. The van der Waals surface area contributed by atoms with E-state index >= 15 is 0 Å². The lowest BCUT2D eigenvalue weighted by Gasteiger charge is -2.15. The first-order valence-corrected chi connectivity index (χ1v) is 6.00. The standard InChI is InChI=1S/C12H15NS/c1-2-3-8-13-12(10-6-7-10)11-5-4-9-14-11/h1,4-5,9-10,12-13H,3,6-8H2. The molecule has 1 aromatic heterocycles. The van der Waals surface area contributed by atoms with Crippen LogP contribution in [0.5, 0.6) is 0 Å². The Balaban J connectivity index is 1.92. The van der Waals surface area contributed by atoms with Gasteiger partial charge < -0.3 is 5.32 Å². The first kappa shape index (κ1) is 9.76. The van der Waals surface area contributed by atoms with E-state index in [0.717, 1.165) is 18.9 Å². The molecule has 0 amide bonds. The second-order valence-corrected chi connectivity index (χ2v) is 4.72. The van der Waals surface area contributed by atoms with Crippen molar-refractivity contribution >= 4 is 11.3 Å². The first-order chi connectivity index (χ1) is 6.92. The van der Waals surface area contributed by atoms with E-state index in [1.54, 1.807) is 0 Å². The van der Waals surface area contributed by atoms with Crippen LogP contribution in [0.25, 0.3) is 0 Å². The lowest BCUT2D eigenvalue weighted by atomic mass is 10.1. The monoisotopic (exact) mass is 205 g/mol. The highest BCUT2D eigenvalue weighted by atomic mass is 32.1. The van der Waals surface area contributed by atoms with Crippen LogP contribution in [-0.2, 0) is 0 Å². The molecule has 0 bridgehead atoms. The van der Waals surface area contributed by atoms with Gasteiger partial charge in [0.05, 0.1) is 0 Å². The quantitative estimate of drug-likeness (QED) is 0.576. The number of rotatable bonds is 5. The Morgan fingerprint density at radius 2 is 2.50 bits per heavy atom. The van der Waals surface area contributed by atoms with Gasteiger partial charge >= 0.3 is 0 Å². The molecule has 0 aliphatic heterocycles. The molecule has 1 aliphatic rings. The molecule has 1 heterocycles. The minimum atomic E-state index is 0.559.